The Morgan fingerprint density at radius 3 is 2.16 bits per heavy atom. The number of likely N-dealkylation sites (N-methyl/N-ethyl adjacent to an activating group) is 1. The van der Waals surface area contributed by atoms with Crippen LogP contribution in [0, 0.1) is 0 Å². The number of carbonyl (C=O) groups excluding carboxylic acids is 2. The van der Waals surface area contributed by atoms with Gasteiger partial charge in [-0.15, -0.1) is 0 Å². The van der Waals surface area contributed by atoms with Crippen LogP contribution in [-0.4, -0.2) is 50.5 Å². The number of hydrogen-bond donors (Lipinski definition) is 1. The van der Waals surface area contributed by atoms with Gasteiger partial charge < -0.3 is 10.2 Å². The molecule has 0 aliphatic rings. The highest BCUT2D eigenvalue weighted by Gasteiger charge is 2.31. The van der Waals surface area contributed by atoms with Crippen LogP contribution < -0.4 is 9.62 Å². The average Bonchev–Trinajstić information content (AvgIpc) is 2.72. The van der Waals surface area contributed by atoms with E-state index in [2.05, 4.69) is 5.32 Å². The lowest BCUT2D eigenvalue weighted by Crippen LogP contribution is -2.52. The summed E-state index contributed by atoms with van der Waals surface area (Å²) in [6, 6.07) is 14.8. The van der Waals surface area contributed by atoms with E-state index >= 15 is 0 Å². The van der Waals surface area contributed by atoms with Gasteiger partial charge in [0.2, 0.25) is 21.8 Å². The van der Waals surface area contributed by atoms with Crippen molar-refractivity contribution in [2.45, 2.75) is 32.9 Å². The minimum atomic E-state index is -3.75. The van der Waals surface area contributed by atoms with Crippen molar-refractivity contribution in [2.75, 3.05) is 23.7 Å². The molecule has 9 heteroatoms. The molecule has 0 aromatic heterocycles. The van der Waals surface area contributed by atoms with Crippen LogP contribution in [0.25, 0.3) is 0 Å². The Labute approximate surface area is 189 Å². The third-order valence-corrected chi connectivity index (χ3v) is 6.12. The lowest BCUT2D eigenvalue weighted by atomic mass is 10.1. The lowest BCUT2D eigenvalue weighted by Gasteiger charge is -2.32. The minimum absolute atomic E-state index is 0.188. The summed E-state index contributed by atoms with van der Waals surface area (Å²) in [6.45, 7) is 3.82. The molecule has 168 valence electrons. The van der Waals surface area contributed by atoms with Crippen LogP contribution in [-0.2, 0) is 26.2 Å². The van der Waals surface area contributed by atoms with Gasteiger partial charge in [-0.1, -0.05) is 48.9 Å². The second-order valence-corrected chi connectivity index (χ2v) is 9.42. The number of anilines is 1. The summed E-state index contributed by atoms with van der Waals surface area (Å²) in [5.41, 5.74) is 1.17. The molecule has 31 heavy (non-hydrogen) atoms. The van der Waals surface area contributed by atoms with Crippen LogP contribution in [0.15, 0.2) is 54.6 Å². The maximum absolute atomic E-state index is 13.4. The second-order valence-electron chi connectivity index (χ2n) is 7.07. The number of hydrogen-bond acceptors (Lipinski definition) is 4. The van der Waals surface area contributed by atoms with Crippen LogP contribution in [0.2, 0.25) is 5.02 Å². The molecule has 2 aromatic carbocycles. The Hall–Kier alpha value is -2.58. The van der Waals surface area contributed by atoms with Crippen LogP contribution >= 0.6 is 11.6 Å². The van der Waals surface area contributed by atoms with E-state index in [1.807, 2.05) is 37.3 Å². The summed E-state index contributed by atoms with van der Waals surface area (Å²) in [5, 5.41) is 3.21. The van der Waals surface area contributed by atoms with Crippen molar-refractivity contribution in [3.05, 3.63) is 65.2 Å². The van der Waals surface area contributed by atoms with Crippen LogP contribution in [0.1, 0.15) is 25.8 Å². The van der Waals surface area contributed by atoms with Gasteiger partial charge in [-0.05, 0) is 43.2 Å². The Bertz CT molecular complexity index is 982. The SMILES string of the molecule is CCNC(=O)[C@H](CC)N(Cc1ccccc1)C(=O)CN(c1ccc(Cl)cc1)S(C)(=O)=O. The van der Waals surface area contributed by atoms with Gasteiger partial charge in [0.15, 0.2) is 0 Å². The highest BCUT2D eigenvalue weighted by atomic mass is 35.5. The topological polar surface area (TPSA) is 86.8 Å². The van der Waals surface area contributed by atoms with Gasteiger partial charge in [-0.2, -0.15) is 0 Å². The number of nitrogens with one attached hydrogen (secondary N) is 1. The van der Waals surface area contributed by atoms with Gasteiger partial charge >= 0.3 is 0 Å². The van der Waals surface area contributed by atoms with E-state index in [0.717, 1.165) is 16.1 Å². The van der Waals surface area contributed by atoms with Crippen molar-refractivity contribution >= 4 is 39.1 Å². The van der Waals surface area contributed by atoms with E-state index in [1.54, 1.807) is 31.2 Å². The van der Waals surface area contributed by atoms with E-state index < -0.39 is 28.5 Å². The predicted octanol–water partition coefficient (Wildman–Crippen LogP) is 3.05. The third-order valence-electron chi connectivity index (χ3n) is 4.73. The molecule has 0 bridgehead atoms. The first-order valence-corrected chi connectivity index (χ1v) is 12.2. The fourth-order valence-corrected chi connectivity index (χ4v) is 4.19. The third kappa shape index (κ3) is 6.97. The van der Waals surface area contributed by atoms with Crippen molar-refractivity contribution in [3.8, 4) is 0 Å². The molecular weight excluding hydrogens is 438 g/mol. The van der Waals surface area contributed by atoms with Gasteiger partial charge in [0.1, 0.15) is 12.6 Å². The average molecular weight is 466 g/mol. The summed E-state index contributed by atoms with van der Waals surface area (Å²) in [5.74, 6) is -0.742. The molecule has 0 saturated heterocycles. The van der Waals surface area contributed by atoms with E-state index in [9.17, 15) is 18.0 Å². The normalized spacial score (nSPS) is 12.1. The monoisotopic (exact) mass is 465 g/mol. The molecule has 0 aliphatic carbocycles. The summed E-state index contributed by atoms with van der Waals surface area (Å²) in [7, 11) is -3.75. The van der Waals surface area contributed by atoms with Crippen molar-refractivity contribution in [1.82, 2.24) is 10.2 Å². The van der Waals surface area contributed by atoms with E-state index in [1.165, 1.54) is 4.90 Å². The van der Waals surface area contributed by atoms with Crippen molar-refractivity contribution in [1.29, 1.82) is 0 Å². The van der Waals surface area contributed by atoms with Crippen LogP contribution in [0.3, 0.4) is 0 Å². The van der Waals surface area contributed by atoms with Gasteiger partial charge in [0, 0.05) is 18.1 Å². The number of rotatable bonds is 10. The zero-order valence-corrected chi connectivity index (χ0v) is 19.5. The van der Waals surface area contributed by atoms with E-state index in [0.29, 0.717) is 23.7 Å². The first-order chi connectivity index (χ1) is 14.7. The molecule has 7 nitrogen and oxygen atoms in total. The van der Waals surface area contributed by atoms with Gasteiger partial charge in [0.05, 0.1) is 11.9 Å². The summed E-state index contributed by atoms with van der Waals surface area (Å²) in [6.07, 6.45) is 1.43. The number of amides is 2. The molecule has 0 heterocycles. The first-order valence-electron chi connectivity index (χ1n) is 10.0. The lowest BCUT2D eigenvalue weighted by molar-refractivity contribution is -0.140. The largest absolute Gasteiger partial charge is 0.355 e. The Morgan fingerprint density at radius 1 is 1.03 bits per heavy atom. The standard InChI is InChI=1S/C22H28ClN3O4S/c1-4-20(22(28)24-5-2)25(15-17-9-7-6-8-10-17)21(27)16-26(31(3,29)30)19-13-11-18(23)12-14-19/h6-14,20H,4-5,15-16H2,1-3H3,(H,24,28)/t20-/m0/s1. The Morgan fingerprint density at radius 2 is 1.65 bits per heavy atom. The fourth-order valence-electron chi connectivity index (χ4n) is 3.21. The molecule has 0 radical (unpaired) electrons. The fraction of sp³-hybridized carbons (Fsp3) is 0.364. The highest BCUT2D eigenvalue weighted by Crippen LogP contribution is 2.21. The molecule has 0 unspecified atom stereocenters. The van der Waals surface area contributed by atoms with Crippen molar-refractivity contribution in [2.24, 2.45) is 0 Å². The first kappa shape index (κ1) is 24.7. The van der Waals surface area contributed by atoms with Gasteiger partial charge in [0.25, 0.3) is 0 Å². The Kier molecular flexibility index (Phi) is 8.88. The molecule has 1 atom stereocenters. The van der Waals surface area contributed by atoms with E-state index in [4.69, 9.17) is 11.6 Å². The molecule has 0 aliphatic heterocycles. The van der Waals surface area contributed by atoms with Crippen molar-refractivity contribution in [3.63, 3.8) is 0 Å². The molecule has 1 N–H and O–H groups in total. The summed E-state index contributed by atoms with van der Waals surface area (Å²) >= 11 is 5.91. The number of carbonyl (C=O) groups is 2. The van der Waals surface area contributed by atoms with Crippen LogP contribution in [0.4, 0.5) is 5.69 Å². The van der Waals surface area contributed by atoms with Crippen molar-refractivity contribution < 1.29 is 18.0 Å². The molecule has 2 amide bonds. The summed E-state index contributed by atoms with van der Waals surface area (Å²) < 4.78 is 25.9. The number of halogens is 1. The molecule has 0 spiro atoms. The maximum Gasteiger partial charge on any atom is 0.244 e. The quantitative estimate of drug-likeness (QED) is 0.584. The second kappa shape index (κ2) is 11.2. The van der Waals surface area contributed by atoms with Crippen LogP contribution in [0.5, 0.6) is 0 Å². The molecule has 0 fully saturated rings. The minimum Gasteiger partial charge on any atom is -0.355 e. The van der Waals surface area contributed by atoms with E-state index in [-0.39, 0.29) is 12.5 Å². The predicted molar refractivity (Wildman–Crippen MR) is 123 cm³/mol. The molecule has 0 saturated carbocycles. The summed E-state index contributed by atoms with van der Waals surface area (Å²) in [4.78, 5) is 27.5. The Balaban J connectivity index is 2.39. The molecule has 2 rings (SSSR count). The van der Waals surface area contributed by atoms with Gasteiger partial charge in [-0.3, -0.25) is 13.9 Å². The zero-order chi connectivity index (χ0) is 23.0. The molecular formula is C22H28ClN3O4S. The smallest absolute Gasteiger partial charge is 0.244 e. The number of nitrogens with zero attached hydrogens (tertiary/aromatic N) is 2. The maximum atomic E-state index is 13.4. The number of benzene rings is 2. The van der Waals surface area contributed by atoms with Gasteiger partial charge in [-0.25, -0.2) is 8.42 Å². The zero-order valence-electron chi connectivity index (χ0n) is 17.9. The number of sulfonamides is 1. The highest BCUT2D eigenvalue weighted by molar-refractivity contribution is 7.92. The molecule has 2 aromatic rings.